The average Bonchev–Trinajstić information content (AvgIpc) is 2.14. The molecule has 1 atom stereocenters. The summed E-state index contributed by atoms with van der Waals surface area (Å²) in [5.41, 5.74) is 0. The summed E-state index contributed by atoms with van der Waals surface area (Å²) in [6, 6.07) is 0. The Morgan fingerprint density at radius 2 is 2.12 bits per heavy atom. The van der Waals surface area contributed by atoms with Crippen LogP contribution in [0.3, 0.4) is 0 Å². The smallest absolute Gasteiger partial charge is 0.409 e. The minimum Gasteiger partial charge on any atom is -0.446 e. The van der Waals surface area contributed by atoms with Crippen molar-refractivity contribution in [3.63, 3.8) is 0 Å². The third kappa shape index (κ3) is 4.81. The number of alkyl carbamates (subject to hydrolysis) is 1. The number of amides is 1. The average molecular weight is 231 g/mol. The molecule has 0 spiro atoms. The maximum absolute atomic E-state index is 11.2. The van der Waals surface area contributed by atoms with Gasteiger partial charge in [0.05, 0.1) is 19.8 Å². The van der Waals surface area contributed by atoms with Crippen LogP contribution >= 0.6 is 0 Å². The standard InChI is InChI=1S/C11H21NO4/c1-8(2)9(3)16-11(13)12-7-15-6-10-4-14-5-10/h8-10H,4-7H2,1-3H3,(H,12,13). The predicted octanol–water partition coefficient (Wildman–Crippen LogP) is 1.38. The fourth-order valence-electron chi connectivity index (χ4n) is 1.06. The summed E-state index contributed by atoms with van der Waals surface area (Å²) in [5, 5.41) is 2.55. The van der Waals surface area contributed by atoms with Crippen LogP contribution in [-0.2, 0) is 14.2 Å². The molecule has 0 aromatic heterocycles. The molecule has 1 heterocycles. The van der Waals surface area contributed by atoms with E-state index >= 15 is 0 Å². The number of carbonyl (C=O) groups excluding carboxylic acids is 1. The lowest BCUT2D eigenvalue weighted by Crippen LogP contribution is -2.35. The van der Waals surface area contributed by atoms with Gasteiger partial charge in [0.1, 0.15) is 12.8 Å². The van der Waals surface area contributed by atoms with E-state index in [4.69, 9.17) is 14.2 Å². The monoisotopic (exact) mass is 231 g/mol. The van der Waals surface area contributed by atoms with E-state index in [1.54, 1.807) is 0 Å². The zero-order valence-electron chi connectivity index (χ0n) is 10.2. The molecule has 5 nitrogen and oxygen atoms in total. The van der Waals surface area contributed by atoms with E-state index in [1.165, 1.54) is 0 Å². The zero-order chi connectivity index (χ0) is 12.0. The van der Waals surface area contributed by atoms with Gasteiger partial charge in [-0.3, -0.25) is 5.32 Å². The fraction of sp³-hybridized carbons (Fsp3) is 0.909. The number of carbonyl (C=O) groups is 1. The molecule has 0 saturated carbocycles. The number of nitrogens with one attached hydrogen (secondary N) is 1. The van der Waals surface area contributed by atoms with Crippen molar-refractivity contribution in [2.75, 3.05) is 26.6 Å². The predicted molar refractivity (Wildman–Crippen MR) is 59.0 cm³/mol. The van der Waals surface area contributed by atoms with Crippen molar-refractivity contribution in [3.8, 4) is 0 Å². The molecule has 1 fully saturated rings. The van der Waals surface area contributed by atoms with Crippen LogP contribution in [0.4, 0.5) is 4.79 Å². The molecule has 94 valence electrons. The number of ether oxygens (including phenoxy) is 3. The molecule has 1 unspecified atom stereocenters. The quantitative estimate of drug-likeness (QED) is 0.554. The Morgan fingerprint density at radius 1 is 1.44 bits per heavy atom. The summed E-state index contributed by atoms with van der Waals surface area (Å²) in [4.78, 5) is 11.2. The van der Waals surface area contributed by atoms with Gasteiger partial charge in [-0.1, -0.05) is 13.8 Å². The SMILES string of the molecule is CC(C)C(C)OC(=O)NCOCC1COC1. The Morgan fingerprint density at radius 3 is 2.62 bits per heavy atom. The highest BCUT2D eigenvalue weighted by Crippen LogP contribution is 2.09. The molecule has 0 bridgehead atoms. The molecular formula is C11H21NO4. The lowest BCUT2D eigenvalue weighted by Gasteiger charge is -2.25. The Balaban J connectivity index is 1.96. The van der Waals surface area contributed by atoms with Crippen molar-refractivity contribution < 1.29 is 19.0 Å². The Bertz CT molecular complexity index is 216. The molecule has 1 N–H and O–H groups in total. The molecule has 1 rings (SSSR count). The molecule has 0 radical (unpaired) electrons. The van der Waals surface area contributed by atoms with Crippen LogP contribution in [0.2, 0.25) is 0 Å². The van der Waals surface area contributed by atoms with Crippen molar-refractivity contribution >= 4 is 6.09 Å². The lowest BCUT2D eigenvalue weighted by molar-refractivity contribution is -0.0735. The number of hydrogen-bond acceptors (Lipinski definition) is 4. The van der Waals surface area contributed by atoms with Gasteiger partial charge in [0.25, 0.3) is 0 Å². The number of rotatable bonds is 6. The van der Waals surface area contributed by atoms with Crippen LogP contribution < -0.4 is 5.32 Å². The van der Waals surface area contributed by atoms with Crippen molar-refractivity contribution in [2.45, 2.75) is 26.9 Å². The first-order valence-electron chi connectivity index (χ1n) is 5.69. The van der Waals surface area contributed by atoms with Gasteiger partial charge in [0.15, 0.2) is 0 Å². The molecule has 5 heteroatoms. The van der Waals surface area contributed by atoms with Gasteiger partial charge < -0.3 is 14.2 Å². The maximum atomic E-state index is 11.2. The fourth-order valence-corrected chi connectivity index (χ4v) is 1.06. The Kier molecular flexibility index (Phi) is 5.55. The summed E-state index contributed by atoms with van der Waals surface area (Å²) < 4.78 is 15.4. The normalized spacial score (nSPS) is 18.0. The summed E-state index contributed by atoms with van der Waals surface area (Å²) in [7, 11) is 0. The van der Waals surface area contributed by atoms with Crippen molar-refractivity contribution in [3.05, 3.63) is 0 Å². The van der Waals surface area contributed by atoms with Crippen LogP contribution in [0.15, 0.2) is 0 Å². The van der Waals surface area contributed by atoms with Crippen LogP contribution in [0.25, 0.3) is 0 Å². The summed E-state index contributed by atoms with van der Waals surface area (Å²) in [6.07, 6.45) is -0.508. The first kappa shape index (κ1) is 13.3. The van der Waals surface area contributed by atoms with Crippen molar-refractivity contribution in [1.82, 2.24) is 5.32 Å². The van der Waals surface area contributed by atoms with Crippen LogP contribution in [-0.4, -0.2) is 38.7 Å². The molecule has 0 aromatic rings. The Labute approximate surface area is 96.4 Å². The third-order valence-electron chi connectivity index (χ3n) is 2.61. The minimum atomic E-state index is -0.425. The van der Waals surface area contributed by atoms with E-state index in [0.29, 0.717) is 18.4 Å². The van der Waals surface area contributed by atoms with Gasteiger partial charge >= 0.3 is 6.09 Å². The van der Waals surface area contributed by atoms with E-state index in [2.05, 4.69) is 5.32 Å². The van der Waals surface area contributed by atoms with Gasteiger partial charge in [-0.25, -0.2) is 4.79 Å². The van der Waals surface area contributed by atoms with E-state index in [9.17, 15) is 4.79 Å². The second kappa shape index (κ2) is 6.70. The third-order valence-corrected chi connectivity index (χ3v) is 2.61. The van der Waals surface area contributed by atoms with Gasteiger partial charge in [-0.05, 0) is 12.8 Å². The molecule has 1 amide bonds. The topological polar surface area (TPSA) is 56.8 Å². The van der Waals surface area contributed by atoms with Crippen LogP contribution in [0.5, 0.6) is 0 Å². The summed E-state index contributed by atoms with van der Waals surface area (Å²) in [5.74, 6) is 0.797. The summed E-state index contributed by atoms with van der Waals surface area (Å²) in [6.45, 7) is 8.22. The molecular weight excluding hydrogens is 210 g/mol. The molecule has 0 aromatic carbocycles. The van der Waals surface area contributed by atoms with Gasteiger partial charge in [-0.2, -0.15) is 0 Å². The van der Waals surface area contributed by atoms with Gasteiger partial charge in [-0.15, -0.1) is 0 Å². The maximum Gasteiger partial charge on any atom is 0.409 e. The molecule has 0 aliphatic carbocycles. The Hall–Kier alpha value is -0.810. The highest BCUT2D eigenvalue weighted by Gasteiger charge is 2.18. The number of hydrogen-bond donors (Lipinski definition) is 1. The molecule has 16 heavy (non-hydrogen) atoms. The second-order valence-electron chi connectivity index (χ2n) is 4.45. The van der Waals surface area contributed by atoms with Crippen LogP contribution in [0, 0.1) is 11.8 Å². The zero-order valence-corrected chi connectivity index (χ0v) is 10.2. The van der Waals surface area contributed by atoms with E-state index in [-0.39, 0.29) is 12.8 Å². The van der Waals surface area contributed by atoms with Crippen molar-refractivity contribution in [1.29, 1.82) is 0 Å². The second-order valence-corrected chi connectivity index (χ2v) is 4.45. The molecule has 1 saturated heterocycles. The van der Waals surface area contributed by atoms with Gasteiger partial charge in [0.2, 0.25) is 0 Å². The van der Waals surface area contributed by atoms with E-state index in [1.807, 2.05) is 20.8 Å². The first-order chi connectivity index (χ1) is 7.59. The van der Waals surface area contributed by atoms with Crippen LogP contribution in [0.1, 0.15) is 20.8 Å². The largest absolute Gasteiger partial charge is 0.446 e. The van der Waals surface area contributed by atoms with E-state index in [0.717, 1.165) is 13.2 Å². The minimum absolute atomic E-state index is 0.0833. The van der Waals surface area contributed by atoms with E-state index < -0.39 is 6.09 Å². The van der Waals surface area contributed by atoms with Gasteiger partial charge in [0, 0.05) is 5.92 Å². The highest BCUT2D eigenvalue weighted by molar-refractivity contribution is 5.67. The summed E-state index contributed by atoms with van der Waals surface area (Å²) >= 11 is 0. The first-order valence-corrected chi connectivity index (χ1v) is 5.69. The van der Waals surface area contributed by atoms with Crippen molar-refractivity contribution in [2.24, 2.45) is 11.8 Å². The lowest BCUT2D eigenvalue weighted by atomic mass is 10.1. The molecule has 1 aliphatic rings. The molecule has 1 aliphatic heterocycles. The highest BCUT2D eigenvalue weighted by atomic mass is 16.6.